The maximum atomic E-state index is 9.35. The number of aliphatic hydroxyl groups is 1. The first-order valence-electron chi connectivity index (χ1n) is 8.12. The van der Waals surface area contributed by atoms with Crippen LogP contribution in [-0.2, 0) is 4.74 Å². The fraction of sp³-hybridized carbons (Fsp3) is 1.00. The molecule has 2 N–H and O–H groups in total. The Bertz CT molecular complexity index is 309. The predicted octanol–water partition coefficient (Wildman–Crippen LogP) is 1.48. The lowest BCUT2D eigenvalue weighted by Crippen LogP contribution is -2.55. The number of hydrogen-bond acceptors (Lipinski definition) is 4. The standard InChI is InChI=1S/C16H32N2O2/c1-12-8-18(10-14(11-19)20-12)9-13-6-5-7-16(2,3)15(13)17-4/h12-15,17,19H,5-11H2,1-4H3. The zero-order valence-corrected chi connectivity index (χ0v) is 13.6. The van der Waals surface area contributed by atoms with Crippen LogP contribution in [0.1, 0.15) is 40.0 Å². The van der Waals surface area contributed by atoms with E-state index in [1.165, 1.54) is 19.3 Å². The van der Waals surface area contributed by atoms with Crippen molar-refractivity contribution in [3.05, 3.63) is 0 Å². The molecule has 0 aromatic carbocycles. The summed E-state index contributed by atoms with van der Waals surface area (Å²) in [5, 5.41) is 12.9. The zero-order valence-electron chi connectivity index (χ0n) is 13.6. The van der Waals surface area contributed by atoms with Crippen molar-refractivity contribution in [3.8, 4) is 0 Å². The zero-order chi connectivity index (χ0) is 14.8. The van der Waals surface area contributed by atoms with Gasteiger partial charge in [-0.3, -0.25) is 4.90 Å². The van der Waals surface area contributed by atoms with E-state index in [1.54, 1.807) is 0 Å². The number of rotatable bonds is 4. The highest BCUT2D eigenvalue weighted by molar-refractivity contribution is 4.94. The molecule has 0 amide bonds. The molecule has 0 spiro atoms. The van der Waals surface area contributed by atoms with Crippen LogP contribution in [0.4, 0.5) is 0 Å². The number of morpholine rings is 1. The monoisotopic (exact) mass is 284 g/mol. The van der Waals surface area contributed by atoms with E-state index in [2.05, 4.69) is 38.0 Å². The lowest BCUT2D eigenvalue weighted by atomic mass is 9.68. The summed E-state index contributed by atoms with van der Waals surface area (Å²) in [5.41, 5.74) is 0.381. The van der Waals surface area contributed by atoms with Gasteiger partial charge in [0.25, 0.3) is 0 Å². The second-order valence-electron chi connectivity index (χ2n) is 7.38. The summed E-state index contributed by atoms with van der Waals surface area (Å²) >= 11 is 0. The van der Waals surface area contributed by atoms with Crippen LogP contribution in [0, 0.1) is 11.3 Å². The van der Waals surface area contributed by atoms with E-state index in [-0.39, 0.29) is 18.8 Å². The summed E-state index contributed by atoms with van der Waals surface area (Å²) in [7, 11) is 2.10. The van der Waals surface area contributed by atoms with Crippen molar-refractivity contribution in [2.45, 2.75) is 58.3 Å². The number of ether oxygens (including phenoxy) is 1. The molecule has 2 fully saturated rings. The lowest BCUT2D eigenvalue weighted by Gasteiger charge is -2.47. The second kappa shape index (κ2) is 6.73. The Morgan fingerprint density at radius 2 is 2.10 bits per heavy atom. The molecular weight excluding hydrogens is 252 g/mol. The minimum absolute atomic E-state index is 0.0108. The smallest absolute Gasteiger partial charge is 0.0936 e. The van der Waals surface area contributed by atoms with Gasteiger partial charge in [-0.15, -0.1) is 0 Å². The SMILES string of the molecule is CNC1C(CN2CC(C)OC(CO)C2)CCCC1(C)C. The van der Waals surface area contributed by atoms with Gasteiger partial charge in [-0.25, -0.2) is 0 Å². The summed E-state index contributed by atoms with van der Waals surface area (Å²) in [6, 6.07) is 0.585. The first-order valence-corrected chi connectivity index (χ1v) is 8.12. The van der Waals surface area contributed by atoms with Crippen molar-refractivity contribution in [3.63, 3.8) is 0 Å². The molecule has 4 atom stereocenters. The quantitative estimate of drug-likeness (QED) is 0.821. The minimum Gasteiger partial charge on any atom is -0.394 e. The summed E-state index contributed by atoms with van der Waals surface area (Å²) in [6.07, 6.45) is 4.17. The Balaban J connectivity index is 1.97. The van der Waals surface area contributed by atoms with Crippen LogP contribution >= 0.6 is 0 Å². The highest BCUT2D eigenvalue weighted by Crippen LogP contribution is 2.39. The number of hydrogen-bond donors (Lipinski definition) is 2. The van der Waals surface area contributed by atoms with Crippen LogP contribution in [0.2, 0.25) is 0 Å². The lowest BCUT2D eigenvalue weighted by molar-refractivity contribution is -0.101. The van der Waals surface area contributed by atoms with Gasteiger partial charge in [0.15, 0.2) is 0 Å². The Morgan fingerprint density at radius 1 is 1.35 bits per heavy atom. The molecule has 0 radical (unpaired) electrons. The third-order valence-corrected chi connectivity index (χ3v) is 5.12. The molecule has 2 aliphatic rings. The molecule has 1 saturated heterocycles. The molecule has 0 bridgehead atoms. The average molecular weight is 284 g/mol. The van der Waals surface area contributed by atoms with Crippen LogP contribution in [0.25, 0.3) is 0 Å². The number of aliphatic hydroxyl groups excluding tert-OH is 1. The first kappa shape index (κ1) is 16.2. The van der Waals surface area contributed by atoms with E-state index >= 15 is 0 Å². The molecule has 1 aliphatic heterocycles. The van der Waals surface area contributed by atoms with Gasteiger partial charge < -0.3 is 15.2 Å². The fourth-order valence-electron chi connectivity index (χ4n) is 4.33. The van der Waals surface area contributed by atoms with E-state index in [9.17, 15) is 5.11 Å². The van der Waals surface area contributed by atoms with Crippen molar-refractivity contribution < 1.29 is 9.84 Å². The Labute approximate surface area is 123 Å². The third kappa shape index (κ3) is 3.73. The molecule has 1 aliphatic carbocycles. The van der Waals surface area contributed by atoms with Gasteiger partial charge in [-0.2, -0.15) is 0 Å². The molecule has 1 heterocycles. The molecule has 1 saturated carbocycles. The van der Waals surface area contributed by atoms with Crippen molar-refractivity contribution in [1.29, 1.82) is 0 Å². The van der Waals surface area contributed by atoms with Crippen LogP contribution in [0.15, 0.2) is 0 Å². The minimum atomic E-state index is -0.0108. The maximum absolute atomic E-state index is 9.35. The molecule has 0 aromatic heterocycles. The summed E-state index contributed by atoms with van der Waals surface area (Å²) < 4.78 is 5.74. The van der Waals surface area contributed by atoms with Crippen LogP contribution in [-0.4, -0.2) is 61.5 Å². The van der Waals surface area contributed by atoms with E-state index in [0.29, 0.717) is 17.4 Å². The van der Waals surface area contributed by atoms with Gasteiger partial charge >= 0.3 is 0 Å². The molecule has 0 aromatic rings. The van der Waals surface area contributed by atoms with Crippen LogP contribution in [0.5, 0.6) is 0 Å². The molecular formula is C16H32N2O2. The Morgan fingerprint density at radius 3 is 2.75 bits per heavy atom. The average Bonchev–Trinajstić information content (AvgIpc) is 2.37. The summed E-state index contributed by atoms with van der Waals surface area (Å²) in [6.45, 7) is 10.00. The first-order chi connectivity index (χ1) is 9.46. The third-order valence-electron chi connectivity index (χ3n) is 5.12. The van der Waals surface area contributed by atoms with Crippen LogP contribution in [0.3, 0.4) is 0 Å². The van der Waals surface area contributed by atoms with Crippen LogP contribution < -0.4 is 5.32 Å². The predicted molar refractivity (Wildman–Crippen MR) is 81.8 cm³/mol. The van der Waals surface area contributed by atoms with Gasteiger partial charge in [0, 0.05) is 25.7 Å². The normalized spacial score (nSPS) is 38.9. The largest absolute Gasteiger partial charge is 0.394 e. The maximum Gasteiger partial charge on any atom is 0.0936 e. The second-order valence-corrected chi connectivity index (χ2v) is 7.38. The van der Waals surface area contributed by atoms with E-state index in [1.807, 2.05) is 0 Å². The van der Waals surface area contributed by atoms with Crippen molar-refractivity contribution >= 4 is 0 Å². The fourth-order valence-corrected chi connectivity index (χ4v) is 4.33. The van der Waals surface area contributed by atoms with Gasteiger partial charge in [0.1, 0.15) is 0 Å². The molecule has 4 unspecified atom stereocenters. The topological polar surface area (TPSA) is 44.7 Å². The molecule has 20 heavy (non-hydrogen) atoms. The van der Waals surface area contributed by atoms with Gasteiger partial charge in [-0.05, 0) is 38.1 Å². The van der Waals surface area contributed by atoms with Gasteiger partial charge in [0.2, 0.25) is 0 Å². The Hall–Kier alpha value is -0.160. The highest BCUT2D eigenvalue weighted by atomic mass is 16.5. The van der Waals surface area contributed by atoms with Crippen molar-refractivity contribution in [2.24, 2.45) is 11.3 Å². The molecule has 2 rings (SSSR count). The van der Waals surface area contributed by atoms with Gasteiger partial charge in [0.05, 0.1) is 18.8 Å². The van der Waals surface area contributed by atoms with E-state index < -0.39 is 0 Å². The summed E-state index contributed by atoms with van der Waals surface area (Å²) in [5.74, 6) is 0.702. The van der Waals surface area contributed by atoms with Crippen molar-refractivity contribution in [1.82, 2.24) is 10.2 Å². The van der Waals surface area contributed by atoms with E-state index in [4.69, 9.17) is 4.74 Å². The molecule has 118 valence electrons. The molecule has 4 nitrogen and oxygen atoms in total. The molecule has 4 heteroatoms. The van der Waals surface area contributed by atoms with E-state index in [0.717, 1.165) is 19.6 Å². The highest BCUT2D eigenvalue weighted by Gasteiger charge is 2.39. The van der Waals surface area contributed by atoms with Gasteiger partial charge in [-0.1, -0.05) is 20.3 Å². The van der Waals surface area contributed by atoms with Crippen molar-refractivity contribution in [2.75, 3.05) is 33.3 Å². The summed E-state index contributed by atoms with van der Waals surface area (Å²) in [4.78, 5) is 2.49. The number of nitrogens with one attached hydrogen (secondary N) is 1. The Kier molecular flexibility index (Phi) is 5.46. The number of nitrogens with zero attached hydrogens (tertiary/aromatic N) is 1.